The number of hydrogen-bond donors (Lipinski definition) is 3. The molecule has 6 nitrogen and oxygen atoms in total. The molecule has 0 unspecified atom stereocenters. The third kappa shape index (κ3) is 5.30. The van der Waals surface area contributed by atoms with E-state index in [1.165, 1.54) is 25.0 Å². The predicted octanol–water partition coefficient (Wildman–Crippen LogP) is 2.43. The Bertz CT molecular complexity index is 834. The van der Waals surface area contributed by atoms with Crippen LogP contribution < -0.4 is 15.4 Å². The summed E-state index contributed by atoms with van der Waals surface area (Å²) in [5.74, 6) is 0.511. The van der Waals surface area contributed by atoms with Gasteiger partial charge in [0, 0.05) is 11.4 Å². The molecule has 3 N–H and O–H groups in total. The molecule has 0 aliphatic heterocycles. The molecule has 1 aliphatic carbocycles. The standard InChI is InChI=1S/C18H21N3O3S/c22-18(13-19-12-14-9-10-14)20-16-7-4-8-17(11-16)25(23,24)21-15-5-2-1-3-6-15/h1-8,11,14,19,21H,9-10,12-13H2,(H,20,22). The minimum absolute atomic E-state index is 0.0973. The number of carbonyl (C=O) groups is 1. The smallest absolute Gasteiger partial charge is 0.261 e. The van der Waals surface area contributed by atoms with Gasteiger partial charge in [-0.1, -0.05) is 24.3 Å². The second-order valence-electron chi connectivity index (χ2n) is 6.12. The topological polar surface area (TPSA) is 87.3 Å². The van der Waals surface area contributed by atoms with Gasteiger partial charge in [-0.3, -0.25) is 9.52 Å². The van der Waals surface area contributed by atoms with E-state index in [2.05, 4.69) is 15.4 Å². The molecule has 0 spiro atoms. The number of anilines is 2. The van der Waals surface area contributed by atoms with Crippen molar-refractivity contribution in [3.63, 3.8) is 0 Å². The van der Waals surface area contributed by atoms with Crippen molar-refractivity contribution in [2.45, 2.75) is 17.7 Å². The van der Waals surface area contributed by atoms with Crippen molar-refractivity contribution in [1.29, 1.82) is 0 Å². The predicted molar refractivity (Wildman–Crippen MR) is 97.9 cm³/mol. The van der Waals surface area contributed by atoms with E-state index in [1.807, 2.05) is 6.07 Å². The molecule has 0 bridgehead atoms. The zero-order chi connectivity index (χ0) is 17.7. The number of amides is 1. The van der Waals surface area contributed by atoms with Crippen LogP contribution in [0.3, 0.4) is 0 Å². The normalized spacial score (nSPS) is 14.1. The first-order chi connectivity index (χ1) is 12.0. The van der Waals surface area contributed by atoms with Gasteiger partial charge in [0.1, 0.15) is 0 Å². The third-order valence-electron chi connectivity index (χ3n) is 3.87. The highest BCUT2D eigenvalue weighted by molar-refractivity contribution is 7.92. The minimum Gasteiger partial charge on any atom is -0.325 e. The Kier molecular flexibility index (Phi) is 5.35. The largest absolute Gasteiger partial charge is 0.325 e. The van der Waals surface area contributed by atoms with Crippen LogP contribution in [0.4, 0.5) is 11.4 Å². The van der Waals surface area contributed by atoms with E-state index in [0.29, 0.717) is 17.3 Å². The molecule has 7 heteroatoms. The molecule has 0 radical (unpaired) electrons. The zero-order valence-corrected chi connectivity index (χ0v) is 14.6. The van der Waals surface area contributed by atoms with Crippen molar-refractivity contribution in [2.75, 3.05) is 23.1 Å². The Morgan fingerprint density at radius 2 is 1.72 bits per heavy atom. The average molecular weight is 359 g/mol. The zero-order valence-electron chi connectivity index (χ0n) is 13.7. The molecule has 3 rings (SSSR count). The van der Waals surface area contributed by atoms with Gasteiger partial charge >= 0.3 is 0 Å². The summed E-state index contributed by atoms with van der Waals surface area (Å²) in [5.41, 5.74) is 0.940. The van der Waals surface area contributed by atoms with Crippen molar-refractivity contribution in [2.24, 2.45) is 5.92 Å². The van der Waals surface area contributed by atoms with E-state index in [0.717, 1.165) is 6.54 Å². The van der Waals surface area contributed by atoms with Crippen LogP contribution in [0.1, 0.15) is 12.8 Å². The molecule has 132 valence electrons. The van der Waals surface area contributed by atoms with Crippen molar-refractivity contribution >= 4 is 27.3 Å². The van der Waals surface area contributed by atoms with E-state index < -0.39 is 10.0 Å². The fourth-order valence-electron chi connectivity index (χ4n) is 2.38. The van der Waals surface area contributed by atoms with Gasteiger partial charge in [-0.05, 0) is 55.6 Å². The summed E-state index contributed by atoms with van der Waals surface area (Å²) in [5, 5.41) is 5.82. The SMILES string of the molecule is O=C(CNCC1CC1)Nc1cccc(S(=O)(=O)Nc2ccccc2)c1. The van der Waals surface area contributed by atoms with Crippen molar-refractivity contribution < 1.29 is 13.2 Å². The summed E-state index contributed by atoms with van der Waals surface area (Å²) < 4.78 is 27.4. The van der Waals surface area contributed by atoms with Crippen LogP contribution in [-0.2, 0) is 14.8 Å². The van der Waals surface area contributed by atoms with Crippen molar-refractivity contribution in [1.82, 2.24) is 5.32 Å². The molecule has 0 atom stereocenters. The van der Waals surface area contributed by atoms with Crippen LogP contribution in [0.5, 0.6) is 0 Å². The first-order valence-electron chi connectivity index (χ1n) is 8.21. The lowest BCUT2D eigenvalue weighted by Gasteiger charge is -2.10. The Balaban J connectivity index is 1.62. The van der Waals surface area contributed by atoms with Gasteiger partial charge in [-0.25, -0.2) is 8.42 Å². The second kappa shape index (κ2) is 7.67. The van der Waals surface area contributed by atoms with Crippen LogP contribution in [0, 0.1) is 5.92 Å². The number of sulfonamides is 1. The number of para-hydroxylation sites is 1. The number of rotatable bonds is 8. The molecule has 2 aromatic rings. The maximum atomic E-state index is 12.5. The summed E-state index contributed by atoms with van der Waals surface area (Å²) in [6.45, 7) is 1.07. The van der Waals surface area contributed by atoms with Crippen LogP contribution >= 0.6 is 0 Å². The third-order valence-corrected chi connectivity index (χ3v) is 5.25. The van der Waals surface area contributed by atoms with Crippen LogP contribution in [0.2, 0.25) is 0 Å². The highest BCUT2D eigenvalue weighted by Gasteiger charge is 2.20. The minimum atomic E-state index is -3.71. The van der Waals surface area contributed by atoms with E-state index in [1.54, 1.807) is 36.4 Å². The van der Waals surface area contributed by atoms with Gasteiger partial charge in [-0.15, -0.1) is 0 Å². The van der Waals surface area contributed by atoms with Crippen LogP contribution in [0.25, 0.3) is 0 Å². The molecule has 2 aromatic carbocycles. The molecule has 1 aliphatic rings. The number of nitrogens with one attached hydrogen (secondary N) is 3. The summed E-state index contributed by atoms with van der Waals surface area (Å²) in [6.07, 6.45) is 2.45. The fourth-order valence-corrected chi connectivity index (χ4v) is 3.48. The quantitative estimate of drug-likeness (QED) is 0.675. The van der Waals surface area contributed by atoms with Gasteiger partial charge in [0.05, 0.1) is 11.4 Å². The van der Waals surface area contributed by atoms with Crippen LogP contribution in [0.15, 0.2) is 59.5 Å². The second-order valence-corrected chi connectivity index (χ2v) is 7.80. The monoisotopic (exact) mass is 359 g/mol. The van der Waals surface area contributed by atoms with Gasteiger partial charge in [-0.2, -0.15) is 0 Å². The lowest BCUT2D eigenvalue weighted by molar-refractivity contribution is -0.115. The Hall–Kier alpha value is -2.38. The molecule has 1 saturated carbocycles. The maximum absolute atomic E-state index is 12.5. The molecule has 1 fully saturated rings. The Morgan fingerprint density at radius 3 is 2.44 bits per heavy atom. The Morgan fingerprint density at radius 1 is 1.00 bits per heavy atom. The lowest BCUT2D eigenvalue weighted by atomic mass is 10.3. The first kappa shape index (κ1) is 17.4. The highest BCUT2D eigenvalue weighted by atomic mass is 32.2. The number of hydrogen-bond acceptors (Lipinski definition) is 4. The molecule has 0 saturated heterocycles. The van der Waals surface area contributed by atoms with E-state index in [-0.39, 0.29) is 17.3 Å². The van der Waals surface area contributed by atoms with Gasteiger partial charge in [0.2, 0.25) is 5.91 Å². The molecule has 25 heavy (non-hydrogen) atoms. The lowest BCUT2D eigenvalue weighted by Crippen LogP contribution is -2.29. The van der Waals surface area contributed by atoms with Crippen molar-refractivity contribution in [3.8, 4) is 0 Å². The molecule has 0 aromatic heterocycles. The summed E-state index contributed by atoms with van der Waals surface area (Å²) in [7, 11) is -3.71. The molecular weight excluding hydrogens is 338 g/mol. The summed E-state index contributed by atoms with van der Waals surface area (Å²) >= 11 is 0. The molecule has 0 heterocycles. The summed E-state index contributed by atoms with van der Waals surface area (Å²) in [6, 6.07) is 14.9. The van der Waals surface area contributed by atoms with Gasteiger partial charge < -0.3 is 10.6 Å². The fraction of sp³-hybridized carbons (Fsp3) is 0.278. The number of benzene rings is 2. The maximum Gasteiger partial charge on any atom is 0.261 e. The molecular formula is C18H21N3O3S. The first-order valence-corrected chi connectivity index (χ1v) is 9.70. The Labute approximate surface area is 147 Å². The van der Waals surface area contributed by atoms with E-state index in [9.17, 15) is 13.2 Å². The van der Waals surface area contributed by atoms with Gasteiger partial charge in [0.15, 0.2) is 0 Å². The van der Waals surface area contributed by atoms with E-state index in [4.69, 9.17) is 0 Å². The average Bonchev–Trinajstić information content (AvgIpc) is 3.40. The van der Waals surface area contributed by atoms with Crippen molar-refractivity contribution in [3.05, 3.63) is 54.6 Å². The van der Waals surface area contributed by atoms with Gasteiger partial charge in [0.25, 0.3) is 10.0 Å². The number of carbonyl (C=O) groups excluding carboxylic acids is 1. The van der Waals surface area contributed by atoms with Crippen LogP contribution in [-0.4, -0.2) is 27.4 Å². The molecule has 1 amide bonds. The highest BCUT2D eigenvalue weighted by Crippen LogP contribution is 2.27. The summed E-state index contributed by atoms with van der Waals surface area (Å²) in [4.78, 5) is 12.0. The van der Waals surface area contributed by atoms with E-state index >= 15 is 0 Å².